The molecule has 1 rings (SSSR count). The first-order valence-corrected chi connectivity index (χ1v) is 5.60. The van der Waals surface area contributed by atoms with E-state index in [-0.39, 0.29) is 0 Å². The van der Waals surface area contributed by atoms with Crippen molar-refractivity contribution in [2.24, 2.45) is 0 Å². The number of benzene rings is 1. The summed E-state index contributed by atoms with van der Waals surface area (Å²) in [4.78, 5) is 11.1. The summed E-state index contributed by atoms with van der Waals surface area (Å²) in [6.07, 6.45) is -1.02. The number of rotatable bonds is 3. The number of nitrogens with one attached hydrogen (secondary N) is 1. The van der Waals surface area contributed by atoms with Crippen molar-refractivity contribution in [3.63, 3.8) is 0 Å². The SMILES string of the molecule is CC(C)(C)N(NCc1ccc(C#N)cc1)C(=O)O. The van der Waals surface area contributed by atoms with Gasteiger partial charge in [0.05, 0.1) is 17.2 Å². The highest BCUT2D eigenvalue weighted by atomic mass is 16.4. The lowest BCUT2D eigenvalue weighted by atomic mass is 10.1. The van der Waals surface area contributed by atoms with E-state index in [1.54, 1.807) is 24.3 Å². The highest BCUT2D eigenvalue weighted by molar-refractivity contribution is 5.65. The summed E-state index contributed by atoms with van der Waals surface area (Å²) in [7, 11) is 0. The minimum Gasteiger partial charge on any atom is -0.464 e. The Morgan fingerprint density at radius 1 is 1.39 bits per heavy atom. The zero-order valence-electron chi connectivity index (χ0n) is 10.8. The van der Waals surface area contributed by atoms with Crippen LogP contribution in [0.5, 0.6) is 0 Å². The average Bonchev–Trinajstić information content (AvgIpc) is 2.28. The number of hydrogen-bond acceptors (Lipinski definition) is 3. The predicted molar refractivity (Wildman–Crippen MR) is 67.6 cm³/mol. The lowest BCUT2D eigenvalue weighted by molar-refractivity contribution is 0.0624. The summed E-state index contributed by atoms with van der Waals surface area (Å²) in [5.41, 5.74) is 3.86. The largest absolute Gasteiger partial charge is 0.464 e. The number of carbonyl (C=O) groups is 1. The fraction of sp³-hybridized carbons (Fsp3) is 0.385. The van der Waals surface area contributed by atoms with E-state index in [1.807, 2.05) is 26.8 Å². The Balaban J connectivity index is 2.68. The molecule has 0 fully saturated rings. The molecule has 0 atom stereocenters. The Labute approximate surface area is 107 Å². The molecule has 0 aliphatic rings. The molecule has 0 bridgehead atoms. The van der Waals surface area contributed by atoms with Crippen LogP contribution in [0.2, 0.25) is 0 Å². The quantitative estimate of drug-likeness (QED) is 0.804. The molecule has 96 valence electrons. The molecule has 0 aliphatic heterocycles. The minimum absolute atomic E-state index is 0.398. The smallest absolute Gasteiger partial charge is 0.422 e. The topological polar surface area (TPSA) is 76.4 Å². The fourth-order valence-electron chi connectivity index (χ4n) is 1.46. The maximum Gasteiger partial charge on any atom is 0.422 e. The van der Waals surface area contributed by atoms with Crippen LogP contribution < -0.4 is 5.43 Å². The Morgan fingerprint density at radius 2 is 1.94 bits per heavy atom. The first-order chi connectivity index (χ1) is 8.34. The third-order valence-electron chi connectivity index (χ3n) is 2.39. The molecule has 0 radical (unpaired) electrons. The van der Waals surface area contributed by atoms with Gasteiger partial charge in [0, 0.05) is 6.54 Å². The molecule has 1 aromatic carbocycles. The Hall–Kier alpha value is -2.06. The summed E-state index contributed by atoms with van der Waals surface area (Å²) in [5, 5.41) is 18.9. The second-order valence-corrected chi connectivity index (χ2v) is 4.93. The number of amides is 1. The van der Waals surface area contributed by atoms with Gasteiger partial charge in [0.2, 0.25) is 0 Å². The van der Waals surface area contributed by atoms with E-state index in [4.69, 9.17) is 10.4 Å². The standard InChI is InChI=1S/C13H17N3O2/c1-13(2,3)16(12(17)18)15-9-11-6-4-10(8-14)5-7-11/h4-7,15H,9H2,1-3H3,(H,17,18). The van der Waals surface area contributed by atoms with E-state index in [0.29, 0.717) is 12.1 Å². The third kappa shape index (κ3) is 3.75. The molecule has 0 aliphatic carbocycles. The van der Waals surface area contributed by atoms with Gasteiger partial charge in [-0.05, 0) is 38.5 Å². The molecule has 1 aromatic rings. The molecule has 0 heterocycles. The molecule has 5 nitrogen and oxygen atoms in total. The summed E-state index contributed by atoms with van der Waals surface area (Å²) < 4.78 is 0. The molecule has 2 N–H and O–H groups in total. The van der Waals surface area contributed by atoms with Gasteiger partial charge in [-0.15, -0.1) is 0 Å². The lowest BCUT2D eigenvalue weighted by Gasteiger charge is -2.33. The van der Waals surface area contributed by atoms with Crippen LogP contribution in [0.1, 0.15) is 31.9 Å². The molecular formula is C13H17N3O2. The van der Waals surface area contributed by atoms with Gasteiger partial charge in [-0.25, -0.2) is 15.2 Å². The number of nitriles is 1. The lowest BCUT2D eigenvalue weighted by Crippen LogP contribution is -2.52. The van der Waals surface area contributed by atoms with Crippen LogP contribution in [0.25, 0.3) is 0 Å². The average molecular weight is 247 g/mol. The van der Waals surface area contributed by atoms with Crippen LogP contribution >= 0.6 is 0 Å². The maximum absolute atomic E-state index is 11.1. The maximum atomic E-state index is 11.1. The molecule has 1 amide bonds. The molecule has 18 heavy (non-hydrogen) atoms. The van der Waals surface area contributed by atoms with Crippen molar-refractivity contribution in [2.45, 2.75) is 32.9 Å². The first-order valence-electron chi connectivity index (χ1n) is 5.60. The van der Waals surface area contributed by atoms with E-state index in [2.05, 4.69) is 5.43 Å². The van der Waals surface area contributed by atoms with Crippen LogP contribution in [0.4, 0.5) is 4.79 Å². The van der Waals surface area contributed by atoms with Crippen molar-refractivity contribution < 1.29 is 9.90 Å². The van der Waals surface area contributed by atoms with Crippen LogP contribution in [0, 0.1) is 11.3 Å². The Kier molecular flexibility index (Phi) is 4.29. The predicted octanol–water partition coefficient (Wildman–Crippen LogP) is 2.34. The van der Waals surface area contributed by atoms with Gasteiger partial charge in [-0.2, -0.15) is 5.26 Å². The minimum atomic E-state index is -1.02. The molecule has 0 spiro atoms. The molecule has 0 aromatic heterocycles. The van der Waals surface area contributed by atoms with Crippen LogP contribution in [-0.4, -0.2) is 21.7 Å². The van der Waals surface area contributed by atoms with Crippen molar-refractivity contribution in [2.75, 3.05) is 0 Å². The first kappa shape index (κ1) is 14.0. The Morgan fingerprint density at radius 3 is 2.33 bits per heavy atom. The van der Waals surface area contributed by atoms with Crippen LogP contribution in [-0.2, 0) is 6.54 Å². The normalized spacial score (nSPS) is 10.8. The number of carboxylic acid groups (broad SMARTS) is 1. The number of nitrogens with zero attached hydrogens (tertiary/aromatic N) is 2. The van der Waals surface area contributed by atoms with Gasteiger partial charge in [-0.3, -0.25) is 0 Å². The van der Waals surface area contributed by atoms with Crippen molar-refractivity contribution in [1.82, 2.24) is 10.4 Å². The second kappa shape index (κ2) is 5.52. The van der Waals surface area contributed by atoms with Crippen LogP contribution in [0.3, 0.4) is 0 Å². The van der Waals surface area contributed by atoms with E-state index in [9.17, 15) is 4.79 Å². The number of hydrogen-bond donors (Lipinski definition) is 2. The van der Waals surface area contributed by atoms with Gasteiger partial charge >= 0.3 is 6.09 Å². The van der Waals surface area contributed by atoms with Crippen molar-refractivity contribution in [3.05, 3.63) is 35.4 Å². The highest BCUT2D eigenvalue weighted by Gasteiger charge is 2.25. The molecule has 0 saturated carbocycles. The van der Waals surface area contributed by atoms with Crippen molar-refractivity contribution >= 4 is 6.09 Å². The zero-order valence-corrected chi connectivity index (χ0v) is 10.8. The van der Waals surface area contributed by atoms with E-state index in [0.717, 1.165) is 5.56 Å². The Bertz CT molecular complexity index is 455. The molecule has 5 heteroatoms. The van der Waals surface area contributed by atoms with Gasteiger partial charge in [-0.1, -0.05) is 12.1 Å². The van der Waals surface area contributed by atoms with Gasteiger partial charge < -0.3 is 5.11 Å². The van der Waals surface area contributed by atoms with Crippen molar-refractivity contribution in [1.29, 1.82) is 5.26 Å². The fourth-order valence-corrected chi connectivity index (χ4v) is 1.46. The molecular weight excluding hydrogens is 230 g/mol. The number of hydrazine groups is 1. The monoisotopic (exact) mass is 247 g/mol. The van der Waals surface area contributed by atoms with E-state index >= 15 is 0 Å². The van der Waals surface area contributed by atoms with Gasteiger partial charge in [0.15, 0.2) is 0 Å². The van der Waals surface area contributed by atoms with E-state index < -0.39 is 11.6 Å². The summed E-state index contributed by atoms with van der Waals surface area (Å²) in [6.45, 7) is 5.84. The zero-order chi connectivity index (χ0) is 13.8. The van der Waals surface area contributed by atoms with Crippen molar-refractivity contribution in [3.8, 4) is 6.07 Å². The summed E-state index contributed by atoms with van der Waals surface area (Å²) >= 11 is 0. The molecule has 0 saturated heterocycles. The summed E-state index contributed by atoms with van der Waals surface area (Å²) in [5.74, 6) is 0. The summed E-state index contributed by atoms with van der Waals surface area (Å²) in [6, 6.07) is 9.05. The second-order valence-electron chi connectivity index (χ2n) is 4.93. The van der Waals surface area contributed by atoms with Gasteiger partial charge in [0.1, 0.15) is 0 Å². The highest BCUT2D eigenvalue weighted by Crippen LogP contribution is 2.11. The third-order valence-corrected chi connectivity index (χ3v) is 2.39. The molecule has 0 unspecified atom stereocenters. The van der Waals surface area contributed by atoms with E-state index in [1.165, 1.54) is 5.01 Å². The van der Waals surface area contributed by atoms with Gasteiger partial charge in [0.25, 0.3) is 0 Å². The van der Waals surface area contributed by atoms with Crippen LogP contribution in [0.15, 0.2) is 24.3 Å².